The summed E-state index contributed by atoms with van der Waals surface area (Å²) in [5.74, 6) is 1.92. The van der Waals surface area contributed by atoms with Gasteiger partial charge in [-0.2, -0.15) is 0 Å². The third-order valence-electron chi connectivity index (χ3n) is 4.43. The molecule has 0 spiro atoms. The normalized spacial score (nSPS) is 25.6. The Morgan fingerprint density at radius 1 is 1.35 bits per heavy atom. The second kappa shape index (κ2) is 6.22. The SMILES string of the molecule is COc1cc(CNC2CCC(C)C2C)cc([N+](=O)[O-])c1. The maximum atomic E-state index is 10.9. The van der Waals surface area contributed by atoms with Gasteiger partial charge < -0.3 is 10.1 Å². The minimum Gasteiger partial charge on any atom is -0.496 e. The summed E-state index contributed by atoms with van der Waals surface area (Å²) in [5, 5.41) is 14.4. The predicted octanol–water partition coefficient (Wildman–Crippen LogP) is 3.13. The van der Waals surface area contributed by atoms with E-state index in [9.17, 15) is 10.1 Å². The maximum Gasteiger partial charge on any atom is 0.273 e. The molecule has 1 fully saturated rings. The number of hydrogen-bond donors (Lipinski definition) is 1. The minimum absolute atomic E-state index is 0.0778. The molecule has 1 aromatic carbocycles. The highest BCUT2D eigenvalue weighted by molar-refractivity contribution is 5.42. The number of nitrogens with one attached hydrogen (secondary N) is 1. The Morgan fingerprint density at radius 2 is 2.10 bits per heavy atom. The lowest BCUT2D eigenvalue weighted by atomic mass is 9.97. The molecule has 20 heavy (non-hydrogen) atoms. The molecule has 5 nitrogen and oxygen atoms in total. The van der Waals surface area contributed by atoms with Crippen LogP contribution >= 0.6 is 0 Å². The van der Waals surface area contributed by atoms with Gasteiger partial charge in [0.1, 0.15) is 5.75 Å². The van der Waals surface area contributed by atoms with Gasteiger partial charge in [0.05, 0.1) is 18.1 Å². The Kier molecular flexibility index (Phi) is 4.60. The molecule has 0 aliphatic heterocycles. The highest BCUT2D eigenvalue weighted by Crippen LogP contribution is 2.31. The molecule has 1 saturated carbocycles. The van der Waals surface area contributed by atoms with Gasteiger partial charge in [-0.3, -0.25) is 10.1 Å². The molecule has 110 valence electrons. The highest BCUT2D eigenvalue weighted by Gasteiger charge is 2.29. The largest absolute Gasteiger partial charge is 0.496 e. The van der Waals surface area contributed by atoms with Gasteiger partial charge in [-0.15, -0.1) is 0 Å². The number of non-ortho nitro benzene ring substituents is 1. The zero-order valence-corrected chi connectivity index (χ0v) is 12.3. The van der Waals surface area contributed by atoms with Gasteiger partial charge in [0.2, 0.25) is 0 Å². The van der Waals surface area contributed by atoms with Crippen LogP contribution in [0.25, 0.3) is 0 Å². The molecule has 3 atom stereocenters. The zero-order chi connectivity index (χ0) is 14.7. The first-order chi connectivity index (χ1) is 9.51. The molecule has 1 aromatic rings. The van der Waals surface area contributed by atoms with Crippen molar-refractivity contribution in [1.82, 2.24) is 5.32 Å². The third kappa shape index (κ3) is 3.28. The number of methoxy groups -OCH3 is 1. The smallest absolute Gasteiger partial charge is 0.273 e. The van der Waals surface area contributed by atoms with E-state index in [-0.39, 0.29) is 10.6 Å². The summed E-state index contributed by atoms with van der Waals surface area (Å²) in [6.45, 7) is 5.19. The second-order valence-electron chi connectivity index (χ2n) is 5.70. The Bertz CT molecular complexity index is 490. The molecule has 1 aliphatic carbocycles. The minimum atomic E-state index is -0.383. The van der Waals surface area contributed by atoms with Crippen LogP contribution in [-0.4, -0.2) is 18.1 Å². The van der Waals surface area contributed by atoms with Crippen LogP contribution in [0.5, 0.6) is 5.75 Å². The van der Waals surface area contributed by atoms with Crippen LogP contribution in [0.3, 0.4) is 0 Å². The van der Waals surface area contributed by atoms with Gasteiger partial charge in [-0.25, -0.2) is 0 Å². The third-order valence-corrected chi connectivity index (χ3v) is 4.43. The Balaban J connectivity index is 2.05. The Hall–Kier alpha value is -1.62. The van der Waals surface area contributed by atoms with Crippen molar-refractivity contribution in [2.75, 3.05) is 7.11 Å². The number of rotatable bonds is 5. The van der Waals surface area contributed by atoms with Crippen LogP contribution in [0.2, 0.25) is 0 Å². The Morgan fingerprint density at radius 3 is 2.65 bits per heavy atom. The first-order valence-corrected chi connectivity index (χ1v) is 7.07. The van der Waals surface area contributed by atoms with Crippen LogP contribution in [0, 0.1) is 22.0 Å². The molecular weight excluding hydrogens is 256 g/mol. The number of benzene rings is 1. The topological polar surface area (TPSA) is 64.4 Å². The summed E-state index contributed by atoms with van der Waals surface area (Å²) in [4.78, 5) is 10.5. The lowest BCUT2D eigenvalue weighted by Crippen LogP contribution is -2.31. The fourth-order valence-corrected chi connectivity index (χ4v) is 2.87. The van der Waals surface area contributed by atoms with E-state index < -0.39 is 0 Å². The molecule has 3 unspecified atom stereocenters. The number of ether oxygens (including phenoxy) is 1. The monoisotopic (exact) mass is 278 g/mol. The van der Waals surface area contributed by atoms with Crippen molar-refractivity contribution in [2.24, 2.45) is 11.8 Å². The quantitative estimate of drug-likeness (QED) is 0.664. The number of nitrogens with zero attached hydrogens (tertiary/aromatic N) is 1. The summed E-state index contributed by atoms with van der Waals surface area (Å²) in [7, 11) is 1.52. The summed E-state index contributed by atoms with van der Waals surface area (Å²) in [6.07, 6.45) is 2.42. The average Bonchev–Trinajstić information content (AvgIpc) is 2.76. The summed E-state index contributed by atoms with van der Waals surface area (Å²) >= 11 is 0. The van der Waals surface area contributed by atoms with Crippen molar-refractivity contribution in [3.05, 3.63) is 33.9 Å². The van der Waals surface area contributed by atoms with Crippen molar-refractivity contribution in [3.8, 4) is 5.75 Å². The van der Waals surface area contributed by atoms with E-state index in [1.54, 1.807) is 6.07 Å². The van der Waals surface area contributed by atoms with Crippen molar-refractivity contribution in [3.63, 3.8) is 0 Å². The van der Waals surface area contributed by atoms with E-state index >= 15 is 0 Å². The molecule has 0 bridgehead atoms. The molecular formula is C15H22N2O3. The van der Waals surface area contributed by atoms with Crippen LogP contribution < -0.4 is 10.1 Å². The standard InChI is InChI=1S/C15H22N2O3/c1-10-4-5-15(11(10)2)16-9-12-6-13(17(18)19)8-14(7-12)20-3/h6-8,10-11,15-16H,4-5,9H2,1-3H3. The summed E-state index contributed by atoms with van der Waals surface area (Å²) in [5.41, 5.74) is 0.969. The van der Waals surface area contributed by atoms with Crippen molar-refractivity contribution in [2.45, 2.75) is 39.3 Å². The second-order valence-corrected chi connectivity index (χ2v) is 5.70. The predicted molar refractivity (Wildman–Crippen MR) is 77.8 cm³/mol. The van der Waals surface area contributed by atoms with E-state index in [1.807, 2.05) is 6.07 Å². The number of nitro benzene ring substituents is 1. The van der Waals surface area contributed by atoms with E-state index in [4.69, 9.17) is 4.74 Å². The van der Waals surface area contributed by atoms with E-state index in [1.165, 1.54) is 26.0 Å². The average molecular weight is 278 g/mol. The molecule has 5 heteroatoms. The van der Waals surface area contributed by atoms with Crippen molar-refractivity contribution in [1.29, 1.82) is 0 Å². The molecule has 0 amide bonds. The van der Waals surface area contributed by atoms with Gasteiger partial charge in [0.25, 0.3) is 5.69 Å². The molecule has 0 heterocycles. The van der Waals surface area contributed by atoms with E-state index in [0.29, 0.717) is 24.3 Å². The molecule has 1 aliphatic rings. The maximum absolute atomic E-state index is 10.9. The molecule has 0 aromatic heterocycles. The highest BCUT2D eigenvalue weighted by atomic mass is 16.6. The Labute approximate surface area is 119 Å². The van der Waals surface area contributed by atoms with Gasteiger partial charge in [0.15, 0.2) is 0 Å². The fraction of sp³-hybridized carbons (Fsp3) is 0.600. The van der Waals surface area contributed by atoms with Crippen LogP contribution in [0.15, 0.2) is 18.2 Å². The van der Waals surface area contributed by atoms with Crippen molar-refractivity contribution >= 4 is 5.69 Å². The first kappa shape index (κ1) is 14.8. The number of hydrogen-bond acceptors (Lipinski definition) is 4. The fourth-order valence-electron chi connectivity index (χ4n) is 2.87. The zero-order valence-electron chi connectivity index (χ0n) is 12.3. The van der Waals surface area contributed by atoms with Gasteiger partial charge in [-0.05, 0) is 36.3 Å². The molecule has 0 radical (unpaired) electrons. The van der Waals surface area contributed by atoms with Crippen LogP contribution in [0.4, 0.5) is 5.69 Å². The van der Waals surface area contributed by atoms with E-state index in [0.717, 1.165) is 11.5 Å². The van der Waals surface area contributed by atoms with Crippen molar-refractivity contribution < 1.29 is 9.66 Å². The van der Waals surface area contributed by atoms with E-state index in [2.05, 4.69) is 19.2 Å². The van der Waals surface area contributed by atoms with Crippen LogP contribution in [-0.2, 0) is 6.54 Å². The molecule has 1 N–H and O–H groups in total. The molecule has 2 rings (SSSR count). The molecule has 0 saturated heterocycles. The van der Waals surface area contributed by atoms with Gasteiger partial charge in [-0.1, -0.05) is 13.8 Å². The lowest BCUT2D eigenvalue weighted by Gasteiger charge is -2.19. The summed E-state index contributed by atoms with van der Waals surface area (Å²) < 4.78 is 5.12. The van der Waals surface area contributed by atoms with Gasteiger partial charge >= 0.3 is 0 Å². The van der Waals surface area contributed by atoms with Gasteiger partial charge in [0, 0.05) is 18.7 Å². The summed E-state index contributed by atoms with van der Waals surface area (Å²) in [6, 6.07) is 5.40. The first-order valence-electron chi connectivity index (χ1n) is 7.07. The lowest BCUT2D eigenvalue weighted by molar-refractivity contribution is -0.385. The van der Waals surface area contributed by atoms with Crippen LogP contribution in [0.1, 0.15) is 32.3 Å². The number of nitro groups is 1.